The van der Waals surface area contributed by atoms with Gasteiger partial charge in [-0.25, -0.2) is 23.3 Å². The molecule has 0 atom stereocenters. The van der Waals surface area contributed by atoms with E-state index < -0.39 is 0 Å². The van der Waals surface area contributed by atoms with Gasteiger partial charge in [0.05, 0.1) is 0 Å². The van der Waals surface area contributed by atoms with Gasteiger partial charge in [-0.1, -0.05) is 13.8 Å². The van der Waals surface area contributed by atoms with Gasteiger partial charge in [0.15, 0.2) is 0 Å². The number of hydrogen-bond acceptors (Lipinski definition) is 0. The summed E-state index contributed by atoms with van der Waals surface area (Å²) in [5.74, 6) is 0. The van der Waals surface area contributed by atoms with E-state index in [9.17, 15) is 0 Å². The number of rotatable bonds is 0. The first-order valence-electron chi connectivity index (χ1n) is 4.27. The first-order chi connectivity index (χ1) is 5.79. The van der Waals surface area contributed by atoms with E-state index in [-0.39, 0.29) is 26.7 Å². The predicted octanol–water partition coefficient (Wildman–Crippen LogP) is 3.73. The minimum absolute atomic E-state index is 0. The fraction of sp³-hybridized carbons (Fsp3) is 0.333. The average molecular weight is 342 g/mol. The molecule has 2 rings (SSSR count). The van der Waals surface area contributed by atoms with Crippen LogP contribution in [0.15, 0.2) is 35.5 Å². The van der Waals surface area contributed by atoms with Crippen LogP contribution in [0.5, 0.6) is 0 Å². The molecule has 1 heteroatoms. The normalized spacial score (nSPS) is 17.1. The summed E-state index contributed by atoms with van der Waals surface area (Å²) in [7, 11) is 0. The second-order valence-electron chi connectivity index (χ2n) is 2.93. The van der Waals surface area contributed by atoms with Gasteiger partial charge in [0, 0.05) is 0 Å². The van der Waals surface area contributed by atoms with Crippen molar-refractivity contribution < 1.29 is 26.7 Å². The van der Waals surface area contributed by atoms with Crippen LogP contribution in [0, 0.1) is 12.2 Å². The van der Waals surface area contributed by atoms with Gasteiger partial charge in [-0.3, -0.25) is 12.2 Å². The Labute approximate surface area is 101 Å². The third kappa shape index (κ3) is 5.87. The van der Waals surface area contributed by atoms with Crippen LogP contribution in [-0.2, 0) is 22.4 Å². The van der Waals surface area contributed by atoms with E-state index in [1.54, 1.807) is 0 Å². The summed E-state index contributed by atoms with van der Waals surface area (Å²) in [5, 5.41) is 0. The van der Waals surface area contributed by atoms with Gasteiger partial charge in [0.2, 0.25) is 0 Å². The van der Waals surface area contributed by atoms with Gasteiger partial charge in [-0.15, -0.1) is 12.8 Å². The summed E-state index contributed by atoms with van der Waals surface area (Å²) in [4.78, 5) is 0. The van der Waals surface area contributed by atoms with E-state index >= 15 is 0 Å². The molecule has 0 aliphatic heterocycles. The zero-order chi connectivity index (χ0) is 8.81. The number of allylic oxidation sites excluding steroid dienone is 8. The molecule has 0 aromatic carbocycles. The molecule has 13 heavy (non-hydrogen) atoms. The standard InChI is InChI=1S/2C6H7.Ta.3H/c2*1-6-4-2-3-5-6;;;;/h2*2,4H,3H2,1H3;;;;/q2*-1;+5;3*-1. The van der Waals surface area contributed by atoms with E-state index in [2.05, 4.69) is 50.3 Å². The molecule has 0 radical (unpaired) electrons. The van der Waals surface area contributed by atoms with Crippen LogP contribution >= 0.6 is 0 Å². The first kappa shape index (κ1) is 12.7. The van der Waals surface area contributed by atoms with Crippen LogP contribution in [-0.4, -0.2) is 0 Å². The summed E-state index contributed by atoms with van der Waals surface area (Å²) < 4.78 is 0. The second-order valence-corrected chi connectivity index (χ2v) is 2.93. The van der Waals surface area contributed by atoms with Crippen molar-refractivity contribution in [3.05, 3.63) is 47.6 Å². The third-order valence-corrected chi connectivity index (χ3v) is 1.73. The quantitative estimate of drug-likeness (QED) is 0.589. The molecule has 0 saturated heterocycles. The fourth-order valence-electron chi connectivity index (χ4n) is 1.03. The van der Waals surface area contributed by atoms with E-state index in [1.165, 1.54) is 11.1 Å². The largest absolute Gasteiger partial charge is 5.00 e. The molecule has 0 fully saturated rings. The summed E-state index contributed by atoms with van der Waals surface area (Å²) in [6.45, 7) is 4.12. The van der Waals surface area contributed by atoms with Gasteiger partial charge in [-0.05, 0) is 0 Å². The minimum atomic E-state index is 0. The SMILES string of the molecule is CC1=[C-]CC=C1.CC1=[C-]CC=C1.[H-].[H-].[H-].[Ta+5]. The second kappa shape index (κ2) is 7.14. The molecule has 2 aliphatic rings. The summed E-state index contributed by atoms with van der Waals surface area (Å²) in [6, 6.07) is 0. The average Bonchev–Trinajstić information content (AvgIpc) is 2.63. The Hall–Kier alpha value is -0.300. The van der Waals surface area contributed by atoms with Crippen molar-refractivity contribution in [1.29, 1.82) is 0 Å². The Morgan fingerprint density at radius 2 is 1.38 bits per heavy atom. The van der Waals surface area contributed by atoms with Crippen molar-refractivity contribution in [1.82, 2.24) is 0 Å². The molecular weight excluding hydrogens is 325 g/mol. The maximum atomic E-state index is 3.12. The molecule has 0 bridgehead atoms. The van der Waals surface area contributed by atoms with Gasteiger partial charge in [0.25, 0.3) is 0 Å². The molecule has 0 aromatic rings. The Balaban J connectivity index is -0.0000000720. The molecule has 70 valence electrons. The van der Waals surface area contributed by atoms with Crippen molar-refractivity contribution in [2.45, 2.75) is 26.7 Å². The van der Waals surface area contributed by atoms with Gasteiger partial charge in [0.1, 0.15) is 0 Å². The van der Waals surface area contributed by atoms with Crippen molar-refractivity contribution in [2.24, 2.45) is 0 Å². The van der Waals surface area contributed by atoms with E-state index in [0.29, 0.717) is 0 Å². The molecular formula is C12H17Ta. The van der Waals surface area contributed by atoms with Crippen LogP contribution in [0.2, 0.25) is 0 Å². The Morgan fingerprint density at radius 1 is 1.00 bits per heavy atom. The molecule has 0 amide bonds. The van der Waals surface area contributed by atoms with Gasteiger partial charge >= 0.3 is 22.4 Å². The molecule has 0 unspecified atom stereocenters. The molecule has 0 aromatic heterocycles. The minimum Gasteiger partial charge on any atom is -1.00 e. The third-order valence-electron chi connectivity index (χ3n) is 1.73. The monoisotopic (exact) mass is 342 g/mol. The zero-order valence-electron chi connectivity index (χ0n) is 11.2. The zero-order valence-corrected chi connectivity index (χ0v) is 11.4. The molecule has 0 heterocycles. The summed E-state index contributed by atoms with van der Waals surface area (Å²) in [6.07, 6.45) is 16.7. The van der Waals surface area contributed by atoms with Gasteiger partial charge < -0.3 is 4.28 Å². The fourth-order valence-corrected chi connectivity index (χ4v) is 1.03. The molecule has 0 N–H and O–H groups in total. The van der Waals surface area contributed by atoms with Crippen molar-refractivity contribution in [3.8, 4) is 0 Å². The van der Waals surface area contributed by atoms with Crippen LogP contribution in [0.1, 0.15) is 31.0 Å². The van der Waals surface area contributed by atoms with E-state index in [4.69, 9.17) is 0 Å². The first-order valence-corrected chi connectivity index (χ1v) is 4.27. The van der Waals surface area contributed by atoms with Crippen LogP contribution in [0.4, 0.5) is 0 Å². The van der Waals surface area contributed by atoms with Crippen LogP contribution in [0.25, 0.3) is 0 Å². The Morgan fingerprint density at radius 3 is 1.46 bits per heavy atom. The Bertz CT molecular complexity index is 232. The van der Waals surface area contributed by atoms with Gasteiger partial charge in [-0.2, -0.15) is 12.2 Å². The van der Waals surface area contributed by atoms with E-state index in [0.717, 1.165) is 12.8 Å². The summed E-state index contributed by atoms with van der Waals surface area (Å²) >= 11 is 0. The molecule has 0 saturated carbocycles. The maximum Gasteiger partial charge on any atom is 5.00 e. The van der Waals surface area contributed by atoms with Crippen LogP contribution < -0.4 is 0 Å². The molecule has 0 nitrogen and oxygen atoms in total. The molecule has 2 aliphatic carbocycles. The van der Waals surface area contributed by atoms with Crippen molar-refractivity contribution >= 4 is 0 Å². The molecule has 0 spiro atoms. The van der Waals surface area contributed by atoms with E-state index in [1.807, 2.05) is 0 Å². The van der Waals surface area contributed by atoms with Crippen molar-refractivity contribution in [2.75, 3.05) is 0 Å². The predicted molar refractivity (Wildman–Crippen MR) is 55.7 cm³/mol. The van der Waals surface area contributed by atoms with Crippen LogP contribution in [0.3, 0.4) is 0 Å². The maximum absolute atomic E-state index is 3.12. The smallest absolute Gasteiger partial charge is 1.00 e. The van der Waals surface area contributed by atoms with Crippen molar-refractivity contribution in [3.63, 3.8) is 0 Å². The summed E-state index contributed by atoms with van der Waals surface area (Å²) in [5.41, 5.74) is 2.55. The number of hydrogen-bond donors (Lipinski definition) is 0. The Kier molecular flexibility index (Phi) is 6.97. The topological polar surface area (TPSA) is 0 Å².